The van der Waals surface area contributed by atoms with E-state index in [1.165, 1.54) is 212 Å². The van der Waals surface area contributed by atoms with Gasteiger partial charge >= 0.3 is 0 Å². The second kappa shape index (κ2) is 21.2. The maximum Gasteiger partial charge on any atom is 0.122 e. The summed E-state index contributed by atoms with van der Waals surface area (Å²) < 4.78 is 20.0. The second-order valence-corrected chi connectivity index (χ2v) is 27.5. The summed E-state index contributed by atoms with van der Waals surface area (Å²) in [6.07, 6.45) is 23.2. The van der Waals surface area contributed by atoms with E-state index in [-0.39, 0.29) is 0 Å². The minimum Gasteiger partial charge on any atom is -0.172 e. The number of hydrogen-bond donors (Lipinski definition) is 0. The molecule has 7 heterocycles. The van der Waals surface area contributed by atoms with Gasteiger partial charge in [-0.15, -0.1) is 45.3 Å². The van der Waals surface area contributed by atoms with Crippen molar-refractivity contribution in [2.75, 3.05) is 0 Å². The Morgan fingerprint density at radius 2 is 0.746 bits per heavy atom. The van der Waals surface area contributed by atoms with E-state index in [1.807, 2.05) is 45.3 Å². The Hall–Kier alpha value is -2.90. The van der Waals surface area contributed by atoms with Crippen LogP contribution in [0.15, 0.2) is 60.7 Å². The second-order valence-electron chi connectivity index (χ2n) is 17.8. The van der Waals surface area contributed by atoms with Gasteiger partial charge in [-0.3, -0.25) is 0 Å². The predicted molar refractivity (Wildman–Crippen MR) is 286 cm³/mol. The smallest absolute Gasteiger partial charge is 0.122 e. The Morgan fingerprint density at radius 1 is 0.381 bits per heavy atom. The molecule has 11 heteroatoms. The van der Waals surface area contributed by atoms with Gasteiger partial charge in [0.2, 0.25) is 0 Å². The van der Waals surface area contributed by atoms with E-state index in [9.17, 15) is 0 Å². The van der Waals surface area contributed by atoms with Crippen molar-refractivity contribution in [1.29, 1.82) is 0 Å². The number of nitrogens with zero attached hydrogens (tertiary/aromatic N) is 4. The summed E-state index contributed by atoms with van der Waals surface area (Å²) in [7, 11) is -2.10. The summed E-state index contributed by atoms with van der Waals surface area (Å²) in [5.74, 6) is 0. The third-order valence-electron chi connectivity index (χ3n) is 13.4. The molecule has 0 amide bonds. The highest BCUT2D eigenvalue weighted by molar-refractivity contribution is 7.31. The van der Waals surface area contributed by atoms with Crippen molar-refractivity contribution < 1.29 is 0 Å². The van der Waals surface area contributed by atoms with Crippen LogP contribution in [0.25, 0.3) is 73.6 Å². The maximum atomic E-state index is 5.02. The van der Waals surface area contributed by atoms with Gasteiger partial charge in [0, 0.05) is 61.3 Å². The summed E-state index contributed by atoms with van der Waals surface area (Å²) >= 11 is 10.7. The van der Waals surface area contributed by atoms with Crippen molar-refractivity contribution in [1.82, 2.24) is 17.5 Å². The summed E-state index contributed by atoms with van der Waals surface area (Å²) in [4.78, 5) is 11.4. The van der Waals surface area contributed by atoms with Crippen LogP contribution in [0.1, 0.15) is 140 Å². The van der Waals surface area contributed by atoms with Gasteiger partial charge in [-0.2, -0.15) is 17.5 Å². The fraction of sp³-hybridized carbons (Fsp3) is 0.462. The Morgan fingerprint density at radius 3 is 1.13 bits per heavy atom. The van der Waals surface area contributed by atoms with E-state index < -0.39 is 8.07 Å². The molecule has 4 nitrogen and oxygen atoms in total. The predicted octanol–water partition coefficient (Wildman–Crippen LogP) is 17.6. The summed E-state index contributed by atoms with van der Waals surface area (Å²) in [5, 5.41) is 3.40. The molecule has 0 unspecified atom stereocenters. The first-order valence-corrected chi connectivity index (χ1v) is 31.2. The molecule has 63 heavy (non-hydrogen) atoms. The molecule has 0 N–H and O–H groups in total. The van der Waals surface area contributed by atoms with Crippen LogP contribution in [-0.4, -0.2) is 25.6 Å². The molecule has 0 atom stereocenters. The van der Waals surface area contributed by atoms with Gasteiger partial charge in [-0.25, -0.2) is 0 Å². The Kier molecular flexibility index (Phi) is 15.2. The zero-order chi connectivity index (χ0) is 43.2. The molecule has 1 aliphatic rings. The van der Waals surface area contributed by atoms with Gasteiger partial charge in [-0.1, -0.05) is 142 Å². The lowest BCUT2D eigenvalue weighted by Crippen LogP contribution is -2.54. The number of unbranched alkanes of at least 4 members (excludes halogenated alkanes) is 12. The minimum atomic E-state index is -2.10. The normalized spacial score (nSPS) is 13.2. The average Bonchev–Trinajstić information content (AvgIpc) is 4.17. The van der Waals surface area contributed by atoms with Gasteiger partial charge in [0.25, 0.3) is 0 Å². The van der Waals surface area contributed by atoms with Gasteiger partial charge in [0.05, 0.1) is 23.5 Å². The Bertz CT molecular complexity index is 2560. The van der Waals surface area contributed by atoms with Crippen molar-refractivity contribution in [3.63, 3.8) is 0 Å². The maximum absolute atomic E-state index is 5.02. The third kappa shape index (κ3) is 9.41. The molecule has 0 aliphatic carbocycles. The average molecular weight is 964 g/mol. The minimum absolute atomic E-state index is 1.06. The molecule has 0 spiro atoms. The molecule has 0 saturated carbocycles. The van der Waals surface area contributed by atoms with E-state index in [0.29, 0.717) is 0 Å². The van der Waals surface area contributed by atoms with Gasteiger partial charge in [0.1, 0.15) is 30.1 Å². The lowest BCUT2D eigenvalue weighted by atomic mass is 10.1. The highest BCUT2D eigenvalue weighted by Gasteiger charge is 2.47. The summed E-state index contributed by atoms with van der Waals surface area (Å²) in [5.41, 5.74) is 9.20. The van der Waals surface area contributed by atoms with Crippen LogP contribution in [0, 0.1) is 0 Å². The quantitative estimate of drug-likeness (QED) is 0.0447. The number of aryl methyl sites for hydroxylation is 2. The van der Waals surface area contributed by atoms with E-state index >= 15 is 0 Å². The third-order valence-corrected chi connectivity index (χ3v) is 24.9. The van der Waals surface area contributed by atoms with Gasteiger partial charge < -0.3 is 0 Å². The molecular formula is C52H62N4S6Si. The molecular weight excluding hydrogens is 901 g/mol. The zero-order valence-electron chi connectivity index (χ0n) is 37.7. The molecule has 1 aliphatic heterocycles. The number of thiophene rings is 4. The van der Waals surface area contributed by atoms with Crippen molar-refractivity contribution in [3.8, 4) is 51.5 Å². The first-order chi connectivity index (χ1) is 31.1. The van der Waals surface area contributed by atoms with Crippen LogP contribution in [0.2, 0.25) is 12.1 Å². The number of hydrogen-bond acceptors (Lipinski definition) is 10. The van der Waals surface area contributed by atoms with Crippen LogP contribution >= 0.6 is 68.8 Å². The van der Waals surface area contributed by atoms with Crippen molar-refractivity contribution in [3.05, 3.63) is 70.4 Å². The first kappa shape index (κ1) is 45.3. The zero-order valence-corrected chi connectivity index (χ0v) is 43.6. The monoisotopic (exact) mass is 962 g/mol. The molecule has 2 aromatic carbocycles. The van der Waals surface area contributed by atoms with Crippen molar-refractivity contribution in [2.45, 2.75) is 155 Å². The topological polar surface area (TPSA) is 51.6 Å². The molecule has 0 saturated heterocycles. The Labute approximate surface area is 400 Å². The molecule has 0 fully saturated rings. The van der Waals surface area contributed by atoms with E-state index in [2.05, 4.69) is 88.4 Å². The van der Waals surface area contributed by atoms with Gasteiger partial charge in [0.15, 0.2) is 0 Å². The number of benzene rings is 2. The number of rotatable bonds is 24. The van der Waals surface area contributed by atoms with Crippen LogP contribution < -0.4 is 10.4 Å². The summed E-state index contributed by atoms with van der Waals surface area (Å²) in [6.45, 7) is 9.26. The van der Waals surface area contributed by atoms with E-state index in [1.54, 1.807) is 10.4 Å². The van der Waals surface area contributed by atoms with Crippen LogP contribution in [0.4, 0.5) is 0 Å². The molecule has 8 aromatic rings. The van der Waals surface area contributed by atoms with E-state index in [0.717, 1.165) is 22.1 Å². The number of aromatic nitrogens is 4. The standard InChI is InChI=1S/C52H62N4S6Si/c1-5-9-13-17-21-35-23-29-41(57-35)37-25-27-39(49-47(37)53-61-55-49)43-33-45-51(59-43)52-46(63(45,31-19-15-11-7-3)32-20-16-12-8-4)34-44(60-52)40-28-26-38(48-50(40)56-62-54-48)42-30-24-36(58-42)22-18-14-10-6-2/h23-30,33-34H,5-22,31-32H2,1-4H3. The number of fused-ring (bicyclic) bond motifs is 5. The highest BCUT2D eigenvalue weighted by Crippen LogP contribution is 2.50. The Balaban J connectivity index is 1.09. The van der Waals surface area contributed by atoms with Crippen molar-refractivity contribution >= 4 is 109 Å². The van der Waals surface area contributed by atoms with Gasteiger partial charge in [-0.05, 0) is 84.5 Å². The molecule has 9 rings (SSSR count). The first-order valence-electron chi connectivity index (χ1n) is 24.0. The SMILES string of the molecule is CCCCCCc1ccc(-c2ccc(-c3cc4c(s3)-c3sc(-c5ccc(-c6ccc(CCCCCC)s6)c6nsnc56)cc3[Si]4(CCCCCC)CCCCCC)c3nsnc23)s1. The largest absolute Gasteiger partial charge is 0.172 e. The summed E-state index contributed by atoms with van der Waals surface area (Å²) in [6, 6.07) is 26.7. The molecule has 330 valence electrons. The van der Waals surface area contributed by atoms with Crippen LogP contribution in [0.3, 0.4) is 0 Å². The molecule has 0 bridgehead atoms. The fourth-order valence-electron chi connectivity index (χ4n) is 9.91. The lowest BCUT2D eigenvalue weighted by Gasteiger charge is -2.29. The van der Waals surface area contributed by atoms with E-state index in [4.69, 9.17) is 17.5 Å². The lowest BCUT2D eigenvalue weighted by molar-refractivity contribution is 0.670. The van der Waals surface area contributed by atoms with Crippen LogP contribution in [-0.2, 0) is 12.8 Å². The van der Waals surface area contributed by atoms with Crippen LogP contribution in [0.5, 0.6) is 0 Å². The highest BCUT2D eigenvalue weighted by atomic mass is 32.1. The van der Waals surface area contributed by atoms with Crippen molar-refractivity contribution in [2.24, 2.45) is 0 Å². The molecule has 0 radical (unpaired) electrons. The fourth-order valence-corrected chi connectivity index (χ4v) is 22.7. The molecule has 6 aromatic heterocycles.